The zero-order valence-electron chi connectivity index (χ0n) is 49.3. The number of ether oxygens (including phenoxy) is 6. The molecule has 19 heteroatoms. The molecule has 19 nitrogen and oxygen atoms in total. The zero-order valence-corrected chi connectivity index (χ0v) is 49.3. The van der Waals surface area contributed by atoms with Crippen LogP contribution in [0.1, 0.15) is 239 Å². The number of allylic oxidation sites excluding steroid dienone is 1. The smallest absolute Gasteiger partial charge is 0.220 e. The Morgan fingerprint density at radius 1 is 0.438 bits per heavy atom. The first-order valence-corrected chi connectivity index (χ1v) is 31.9. The van der Waals surface area contributed by atoms with E-state index in [-0.39, 0.29) is 18.9 Å². The minimum Gasteiger partial charge on any atom is -0.394 e. The van der Waals surface area contributed by atoms with E-state index < -0.39 is 124 Å². The molecule has 0 spiro atoms. The highest BCUT2D eigenvalue weighted by Gasteiger charge is 2.53. The van der Waals surface area contributed by atoms with Crippen LogP contribution in [-0.4, -0.2) is 193 Å². The number of aliphatic hydroxyl groups is 11. The topological polar surface area (TPSA) is 307 Å². The van der Waals surface area contributed by atoms with Gasteiger partial charge in [0.15, 0.2) is 18.9 Å². The Kier molecular flexibility index (Phi) is 40.9. The van der Waals surface area contributed by atoms with E-state index in [4.69, 9.17) is 28.4 Å². The van der Waals surface area contributed by atoms with Crippen molar-refractivity contribution >= 4 is 5.91 Å². The number of carbonyl (C=O) groups excluding carboxylic acids is 1. The van der Waals surface area contributed by atoms with Crippen LogP contribution in [0.4, 0.5) is 0 Å². The van der Waals surface area contributed by atoms with Crippen LogP contribution in [0.2, 0.25) is 0 Å². The molecule has 17 atom stereocenters. The summed E-state index contributed by atoms with van der Waals surface area (Å²) in [6.45, 7) is 1.73. The maximum Gasteiger partial charge on any atom is 0.220 e. The van der Waals surface area contributed by atoms with Gasteiger partial charge in [0.2, 0.25) is 5.91 Å². The predicted molar refractivity (Wildman–Crippen MR) is 305 cm³/mol. The van der Waals surface area contributed by atoms with Crippen LogP contribution in [0.3, 0.4) is 0 Å². The SMILES string of the molecule is CCCCCCCCCCC/C=C/C(O)C(COC1OC(CO)C(OC2OC(CO)C(OC3OC(CO)C(O)C(O)C3O)C(O)C2O)C(O)C1O)NC(=O)CCCCCCCCCCCCCCCCCCCCCCCCCC. The zero-order chi connectivity index (χ0) is 58.3. The predicted octanol–water partition coefficient (Wildman–Crippen LogP) is 6.55. The Morgan fingerprint density at radius 2 is 0.775 bits per heavy atom. The maximum atomic E-state index is 13.3. The lowest BCUT2D eigenvalue weighted by Crippen LogP contribution is -2.66. The molecule has 3 fully saturated rings. The molecule has 0 aromatic rings. The summed E-state index contributed by atoms with van der Waals surface area (Å²) < 4.78 is 34.2. The third-order valence-electron chi connectivity index (χ3n) is 16.3. The summed E-state index contributed by atoms with van der Waals surface area (Å²) in [7, 11) is 0. The van der Waals surface area contributed by atoms with Crippen LogP contribution in [0, 0.1) is 0 Å². The molecular formula is C61H115NO18. The number of nitrogens with one attached hydrogen (secondary N) is 1. The van der Waals surface area contributed by atoms with Crippen molar-refractivity contribution in [1.29, 1.82) is 0 Å². The quantitative estimate of drug-likeness (QED) is 0.0227. The van der Waals surface area contributed by atoms with E-state index >= 15 is 0 Å². The third kappa shape index (κ3) is 28.2. The Bertz CT molecular complexity index is 1510. The second-order valence-corrected chi connectivity index (χ2v) is 23.2. The molecule has 3 saturated heterocycles. The van der Waals surface area contributed by atoms with Gasteiger partial charge in [0, 0.05) is 6.42 Å². The lowest BCUT2D eigenvalue weighted by atomic mass is 9.96. The van der Waals surface area contributed by atoms with Crippen LogP contribution < -0.4 is 5.32 Å². The van der Waals surface area contributed by atoms with E-state index in [1.807, 2.05) is 6.08 Å². The van der Waals surface area contributed by atoms with Crippen molar-refractivity contribution in [3.8, 4) is 0 Å². The van der Waals surface area contributed by atoms with Crippen molar-refractivity contribution in [2.24, 2.45) is 0 Å². The molecular weight excluding hydrogens is 1030 g/mol. The molecule has 0 aromatic heterocycles. The molecule has 3 rings (SSSR count). The molecule has 17 unspecified atom stereocenters. The van der Waals surface area contributed by atoms with Gasteiger partial charge in [-0.1, -0.05) is 225 Å². The van der Waals surface area contributed by atoms with Crippen molar-refractivity contribution in [2.45, 2.75) is 343 Å². The molecule has 0 aromatic carbocycles. The highest BCUT2D eigenvalue weighted by molar-refractivity contribution is 5.76. The van der Waals surface area contributed by atoms with Gasteiger partial charge >= 0.3 is 0 Å². The van der Waals surface area contributed by atoms with Gasteiger partial charge in [-0.2, -0.15) is 0 Å². The molecule has 0 saturated carbocycles. The summed E-state index contributed by atoms with van der Waals surface area (Å²) in [5.74, 6) is -0.272. The highest BCUT2D eigenvalue weighted by atomic mass is 16.8. The minimum atomic E-state index is -1.97. The Morgan fingerprint density at radius 3 is 1.18 bits per heavy atom. The molecule has 12 N–H and O–H groups in total. The van der Waals surface area contributed by atoms with Crippen LogP contribution in [-0.2, 0) is 33.2 Å². The first kappa shape index (κ1) is 72.8. The average Bonchev–Trinajstić information content (AvgIpc) is 3.47. The Labute approximate surface area is 480 Å². The van der Waals surface area contributed by atoms with Crippen molar-refractivity contribution in [2.75, 3.05) is 26.4 Å². The standard InChI is InChI=1S/C61H115NO18/c1-3-5-7-9-11-13-15-16-17-18-19-20-21-22-23-24-25-26-27-29-31-33-35-37-39-49(67)62-44(45(66)38-36-34-32-30-28-14-12-10-8-6-4-2)43-75-59-55(73)52(70)57(47(41-64)77-59)80-61-56(74)53(71)58(48(42-65)78-61)79-60-54(72)51(69)50(68)46(40-63)76-60/h36,38,44-48,50-61,63-66,68-74H,3-35,37,39-43H2,1-2H3,(H,62,67)/b38-36+. The number of unbranched alkanes of at least 4 members (excludes halogenated alkanes) is 32. The van der Waals surface area contributed by atoms with Gasteiger partial charge in [-0.25, -0.2) is 0 Å². The van der Waals surface area contributed by atoms with E-state index in [0.29, 0.717) is 6.42 Å². The van der Waals surface area contributed by atoms with E-state index in [1.165, 1.54) is 167 Å². The van der Waals surface area contributed by atoms with Gasteiger partial charge in [-0.15, -0.1) is 0 Å². The van der Waals surface area contributed by atoms with Crippen molar-refractivity contribution in [3.63, 3.8) is 0 Å². The lowest BCUT2D eigenvalue weighted by molar-refractivity contribution is -0.379. The molecule has 3 aliphatic heterocycles. The van der Waals surface area contributed by atoms with Crippen LogP contribution in [0.25, 0.3) is 0 Å². The summed E-state index contributed by atoms with van der Waals surface area (Å²) >= 11 is 0. The van der Waals surface area contributed by atoms with Crippen LogP contribution in [0.5, 0.6) is 0 Å². The normalized spacial score (nSPS) is 30.0. The largest absolute Gasteiger partial charge is 0.394 e. The molecule has 0 radical (unpaired) electrons. The molecule has 0 bridgehead atoms. The monoisotopic (exact) mass is 1150 g/mol. The summed E-state index contributed by atoms with van der Waals surface area (Å²) in [5.41, 5.74) is 0. The van der Waals surface area contributed by atoms with Gasteiger partial charge in [0.25, 0.3) is 0 Å². The van der Waals surface area contributed by atoms with E-state index in [2.05, 4.69) is 19.2 Å². The van der Waals surface area contributed by atoms with E-state index in [0.717, 1.165) is 44.9 Å². The maximum absolute atomic E-state index is 13.3. The fraction of sp³-hybridized carbons (Fsp3) is 0.951. The first-order chi connectivity index (χ1) is 38.8. The first-order valence-electron chi connectivity index (χ1n) is 31.9. The van der Waals surface area contributed by atoms with Crippen molar-refractivity contribution in [1.82, 2.24) is 5.32 Å². The summed E-state index contributed by atoms with van der Waals surface area (Å²) in [5, 5.41) is 120. The van der Waals surface area contributed by atoms with Gasteiger partial charge in [0.05, 0.1) is 38.6 Å². The van der Waals surface area contributed by atoms with Gasteiger partial charge in [0.1, 0.15) is 73.2 Å². The van der Waals surface area contributed by atoms with Crippen molar-refractivity contribution < 1.29 is 89.4 Å². The summed E-state index contributed by atoms with van der Waals surface area (Å²) in [6, 6.07) is -0.966. The third-order valence-corrected chi connectivity index (χ3v) is 16.3. The lowest BCUT2D eigenvalue weighted by Gasteiger charge is -2.48. The number of hydrogen-bond donors (Lipinski definition) is 12. The highest BCUT2D eigenvalue weighted by Crippen LogP contribution is 2.33. The van der Waals surface area contributed by atoms with Gasteiger partial charge in [-0.3, -0.25) is 4.79 Å². The van der Waals surface area contributed by atoms with E-state index in [1.54, 1.807) is 6.08 Å². The number of hydrogen-bond acceptors (Lipinski definition) is 18. The Balaban J connectivity index is 1.43. The minimum absolute atomic E-state index is 0.249. The number of rotatable bonds is 48. The number of amides is 1. The van der Waals surface area contributed by atoms with Gasteiger partial charge in [-0.05, 0) is 19.3 Å². The number of aliphatic hydroxyl groups excluding tert-OH is 11. The summed E-state index contributed by atoms with van der Waals surface area (Å²) in [6.07, 6.45) is 19.2. The van der Waals surface area contributed by atoms with E-state index in [9.17, 15) is 61.0 Å². The van der Waals surface area contributed by atoms with Gasteiger partial charge < -0.3 is 89.9 Å². The molecule has 3 aliphatic rings. The number of carbonyl (C=O) groups is 1. The Hall–Kier alpha value is -1.47. The second-order valence-electron chi connectivity index (χ2n) is 23.2. The second kappa shape index (κ2) is 44.9. The summed E-state index contributed by atoms with van der Waals surface area (Å²) in [4.78, 5) is 13.3. The molecule has 3 heterocycles. The molecule has 472 valence electrons. The molecule has 80 heavy (non-hydrogen) atoms. The van der Waals surface area contributed by atoms with Crippen LogP contribution >= 0.6 is 0 Å². The van der Waals surface area contributed by atoms with Crippen molar-refractivity contribution in [3.05, 3.63) is 12.2 Å². The fourth-order valence-electron chi connectivity index (χ4n) is 11.1. The molecule has 1 amide bonds. The van der Waals surface area contributed by atoms with Crippen LogP contribution in [0.15, 0.2) is 12.2 Å². The molecule has 0 aliphatic carbocycles. The fourth-order valence-corrected chi connectivity index (χ4v) is 11.1. The average molecular weight is 1150 g/mol.